The van der Waals surface area contributed by atoms with Crippen molar-refractivity contribution in [3.8, 4) is 22.9 Å². The molecule has 3 N–H and O–H groups in total. The number of H-pyrrole nitrogens is 1. The van der Waals surface area contributed by atoms with Crippen LogP contribution in [0.2, 0.25) is 0 Å². The van der Waals surface area contributed by atoms with Crippen LogP contribution < -0.4 is 25.7 Å². The van der Waals surface area contributed by atoms with Crippen molar-refractivity contribution in [2.45, 2.75) is 33.4 Å². The number of hydrogen-bond donors (Lipinski definition) is 3. The van der Waals surface area contributed by atoms with Gasteiger partial charge >= 0.3 is 0 Å². The van der Waals surface area contributed by atoms with E-state index in [1.165, 1.54) is 18.1 Å². The van der Waals surface area contributed by atoms with Gasteiger partial charge in [0, 0.05) is 48.4 Å². The first-order chi connectivity index (χ1) is 19.2. The molecule has 212 valence electrons. The standard InChI is InChI=1S/C28H34N6O6/c1-17(2)25-27(37)30-8-10-33-9-7-29-26(33)19-5-6-21(39-4)22(14-19)40-12-11-34(16-24(36)32-25)28(38)20-13-18(3)31-23(35)15-20/h5-7,9,13-15,17,25H,8,10-12,16H2,1-4H3,(H,30,37)(H,31,35)(H,32,36)/t25-/m1/s1. The molecule has 1 atom stereocenters. The highest BCUT2D eigenvalue weighted by Gasteiger charge is 2.27. The van der Waals surface area contributed by atoms with E-state index >= 15 is 0 Å². The maximum atomic E-state index is 13.4. The van der Waals surface area contributed by atoms with Crippen LogP contribution in [0.3, 0.4) is 0 Å². The average molecular weight is 551 g/mol. The molecule has 0 aliphatic carbocycles. The summed E-state index contributed by atoms with van der Waals surface area (Å²) < 4.78 is 13.4. The molecule has 0 saturated carbocycles. The van der Waals surface area contributed by atoms with E-state index in [0.717, 1.165) is 5.56 Å². The van der Waals surface area contributed by atoms with Crippen LogP contribution in [0.25, 0.3) is 11.4 Å². The molecule has 2 aromatic heterocycles. The topological polar surface area (TPSA) is 148 Å². The van der Waals surface area contributed by atoms with Crippen LogP contribution >= 0.6 is 0 Å². The van der Waals surface area contributed by atoms with Gasteiger partial charge in [0.25, 0.3) is 5.91 Å². The summed E-state index contributed by atoms with van der Waals surface area (Å²) in [6.07, 6.45) is 3.50. The fourth-order valence-corrected chi connectivity index (χ4v) is 4.52. The highest BCUT2D eigenvalue weighted by molar-refractivity contribution is 5.97. The van der Waals surface area contributed by atoms with Crippen molar-refractivity contribution in [1.82, 2.24) is 30.1 Å². The third-order valence-electron chi connectivity index (χ3n) is 6.52. The lowest BCUT2D eigenvalue weighted by atomic mass is 10.0. The Hall–Kier alpha value is -4.61. The van der Waals surface area contributed by atoms with Crippen LogP contribution in [0.4, 0.5) is 0 Å². The van der Waals surface area contributed by atoms with Crippen LogP contribution in [0.1, 0.15) is 29.9 Å². The maximum absolute atomic E-state index is 13.4. The number of nitrogens with zero attached hydrogens (tertiary/aromatic N) is 3. The summed E-state index contributed by atoms with van der Waals surface area (Å²) in [6, 6.07) is 7.35. The van der Waals surface area contributed by atoms with E-state index in [1.807, 2.05) is 30.7 Å². The number of rotatable bonds is 3. The molecule has 3 heterocycles. The number of ether oxygens (including phenoxy) is 2. The van der Waals surface area contributed by atoms with E-state index in [0.29, 0.717) is 36.1 Å². The number of fused-ring (bicyclic) bond motifs is 4. The van der Waals surface area contributed by atoms with Gasteiger partial charge in [-0.3, -0.25) is 19.2 Å². The van der Waals surface area contributed by atoms with Gasteiger partial charge < -0.3 is 34.6 Å². The highest BCUT2D eigenvalue weighted by atomic mass is 16.5. The van der Waals surface area contributed by atoms with Gasteiger partial charge in [0.1, 0.15) is 18.5 Å². The second-order valence-corrected chi connectivity index (χ2v) is 9.88. The third-order valence-corrected chi connectivity index (χ3v) is 6.52. The number of aromatic amines is 1. The lowest BCUT2D eigenvalue weighted by Gasteiger charge is -2.26. The smallest absolute Gasteiger partial charge is 0.254 e. The fraction of sp³-hybridized carbons (Fsp3) is 0.393. The summed E-state index contributed by atoms with van der Waals surface area (Å²) in [5.41, 5.74) is 1.01. The van der Waals surface area contributed by atoms with Crippen LogP contribution in [-0.4, -0.2) is 76.5 Å². The predicted octanol–water partition coefficient (Wildman–Crippen LogP) is 1.35. The number of aryl methyl sites for hydroxylation is 1. The summed E-state index contributed by atoms with van der Waals surface area (Å²) in [5, 5.41) is 5.66. The Labute approximate surface area is 231 Å². The predicted molar refractivity (Wildman–Crippen MR) is 147 cm³/mol. The summed E-state index contributed by atoms with van der Waals surface area (Å²) in [7, 11) is 1.53. The second kappa shape index (κ2) is 12.5. The van der Waals surface area contributed by atoms with Crippen molar-refractivity contribution >= 4 is 17.7 Å². The Balaban J connectivity index is 1.68. The first-order valence-corrected chi connectivity index (χ1v) is 13.1. The van der Waals surface area contributed by atoms with Crippen molar-refractivity contribution in [3.63, 3.8) is 0 Å². The zero-order chi connectivity index (χ0) is 28.8. The summed E-state index contributed by atoms with van der Waals surface area (Å²) in [4.78, 5) is 60.0. The Morgan fingerprint density at radius 1 is 1.15 bits per heavy atom. The molecule has 40 heavy (non-hydrogen) atoms. The number of methoxy groups -OCH3 is 1. The molecule has 3 amide bonds. The van der Waals surface area contributed by atoms with Gasteiger partial charge in [-0.2, -0.15) is 0 Å². The van der Waals surface area contributed by atoms with Crippen molar-refractivity contribution in [1.29, 1.82) is 0 Å². The lowest BCUT2D eigenvalue weighted by molar-refractivity contribution is -0.130. The van der Waals surface area contributed by atoms with E-state index in [-0.39, 0.29) is 37.1 Å². The zero-order valence-electron chi connectivity index (χ0n) is 23.0. The first-order valence-electron chi connectivity index (χ1n) is 13.1. The Morgan fingerprint density at radius 2 is 1.95 bits per heavy atom. The highest BCUT2D eigenvalue weighted by Crippen LogP contribution is 2.32. The molecule has 3 aromatic rings. The van der Waals surface area contributed by atoms with Crippen molar-refractivity contribution in [2.75, 3.05) is 33.4 Å². The molecule has 12 nitrogen and oxygen atoms in total. The van der Waals surface area contributed by atoms with Gasteiger partial charge in [-0.25, -0.2) is 4.98 Å². The van der Waals surface area contributed by atoms with Crippen molar-refractivity contribution in [3.05, 3.63) is 64.3 Å². The van der Waals surface area contributed by atoms with Crippen LogP contribution in [0.5, 0.6) is 11.5 Å². The Bertz CT molecular complexity index is 1450. The van der Waals surface area contributed by atoms with Gasteiger partial charge in [-0.15, -0.1) is 0 Å². The summed E-state index contributed by atoms with van der Waals surface area (Å²) in [6.45, 7) is 5.82. The third kappa shape index (κ3) is 6.68. The molecule has 1 aliphatic heterocycles. The Kier molecular flexibility index (Phi) is 8.87. The molecule has 1 aromatic carbocycles. The van der Waals surface area contributed by atoms with Gasteiger partial charge in [-0.1, -0.05) is 13.8 Å². The monoisotopic (exact) mass is 550 g/mol. The number of amides is 3. The molecular weight excluding hydrogens is 516 g/mol. The normalized spacial score (nSPS) is 16.8. The van der Waals surface area contributed by atoms with Gasteiger partial charge in [0.2, 0.25) is 17.4 Å². The Morgan fingerprint density at radius 3 is 2.67 bits per heavy atom. The minimum absolute atomic E-state index is 0.0264. The number of nitrogens with one attached hydrogen (secondary N) is 3. The number of carbonyl (C=O) groups excluding carboxylic acids is 3. The minimum Gasteiger partial charge on any atom is -0.493 e. The summed E-state index contributed by atoms with van der Waals surface area (Å²) >= 11 is 0. The lowest BCUT2D eigenvalue weighted by Crippen LogP contribution is -2.53. The van der Waals surface area contributed by atoms with E-state index in [2.05, 4.69) is 20.6 Å². The van der Waals surface area contributed by atoms with Gasteiger partial charge in [-0.05, 0) is 37.1 Å². The van der Waals surface area contributed by atoms with Crippen LogP contribution in [-0.2, 0) is 16.1 Å². The van der Waals surface area contributed by atoms with Crippen LogP contribution in [0, 0.1) is 12.8 Å². The quantitative estimate of drug-likeness (QED) is 0.446. The van der Waals surface area contributed by atoms with E-state index in [9.17, 15) is 19.2 Å². The number of hydrogen-bond acceptors (Lipinski definition) is 7. The van der Waals surface area contributed by atoms with Gasteiger partial charge in [0.15, 0.2) is 11.5 Å². The van der Waals surface area contributed by atoms with Crippen molar-refractivity contribution < 1.29 is 23.9 Å². The molecule has 1 aliphatic rings. The van der Waals surface area contributed by atoms with E-state index in [4.69, 9.17) is 9.47 Å². The molecule has 4 rings (SSSR count). The van der Waals surface area contributed by atoms with E-state index < -0.39 is 23.4 Å². The number of aromatic nitrogens is 3. The average Bonchev–Trinajstić information content (AvgIpc) is 3.38. The number of imidazole rings is 1. The minimum atomic E-state index is -0.806. The van der Waals surface area contributed by atoms with Crippen molar-refractivity contribution in [2.24, 2.45) is 5.92 Å². The second-order valence-electron chi connectivity index (χ2n) is 9.88. The number of carbonyl (C=O) groups is 3. The summed E-state index contributed by atoms with van der Waals surface area (Å²) in [5.74, 6) is 0.0626. The molecule has 2 bridgehead atoms. The van der Waals surface area contributed by atoms with E-state index in [1.54, 1.807) is 31.3 Å². The first kappa shape index (κ1) is 28.4. The molecule has 0 spiro atoms. The molecule has 0 fully saturated rings. The number of benzene rings is 1. The molecule has 0 radical (unpaired) electrons. The zero-order valence-corrected chi connectivity index (χ0v) is 23.0. The van der Waals surface area contributed by atoms with Gasteiger partial charge in [0.05, 0.1) is 20.2 Å². The fourth-order valence-electron chi connectivity index (χ4n) is 4.52. The molecule has 0 saturated heterocycles. The molecular formula is C28H34N6O6. The SMILES string of the molecule is COc1ccc2cc1OCCN(C(=O)c1cc(C)[nH]c(=O)c1)CC(=O)N[C@H](C(C)C)C(=O)NCCn1ccnc1-2. The number of pyridine rings is 1. The maximum Gasteiger partial charge on any atom is 0.254 e. The molecule has 12 heteroatoms. The molecule has 0 unspecified atom stereocenters. The largest absolute Gasteiger partial charge is 0.493 e. The van der Waals surface area contributed by atoms with Crippen LogP contribution in [0.15, 0.2) is 47.5 Å².